The SMILES string of the molecule is CC(C)CN(C(=O)CN1CCCCC1CCO)C(C)C. The number of hydrogen-bond donors (Lipinski definition) is 1. The van der Waals surface area contributed by atoms with Gasteiger partial charge in [-0.25, -0.2) is 0 Å². The Morgan fingerprint density at radius 2 is 2.00 bits per heavy atom. The van der Waals surface area contributed by atoms with Crippen molar-refractivity contribution in [3.63, 3.8) is 0 Å². The van der Waals surface area contributed by atoms with Crippen LogP contribution in [0.4, 0.5) is 0 Å². The standard InChI is InChI=1S/C16H32N2O2/c1-13(2)11-18(14(3)4)16(20)12-17-9-6-5-7-15(17)8-10-19/h13-15,19H,5-12H2,1-4H3. The molecule has 4 heteroatoms. The van der Waals surface area contributed by atoms with E-state index in [2.05, 4.69) is 32.6 Å². The summed E-state index contributed by atoms with van der Waals surface area (Å²) in [4.78, 5) is 16.8. The first-order valence-corrected chi connectivity index (χ1v) is 8.10. The molecule has 1 amide bonds. The Bertz CT molecular complexity index is 290. The predicted octanol–water partition coefficient (Wildman–Crippen LogP) is 2.12. The Morgan fingerprint density at radius 1 is 1.30 bits per heavy atom. The normalized spacial score (nSPS) is 20.6. The largest absolute Gasteiger partial charge is 0.396 e. The number of carbonyl (C=O) groups is 1. The molecule has 0 aromatic carbocycles. The van der Waals surface area contributed by atoms with E-state index in [9.17, 15) is 4.79 Å². The quantitative estimate of drug-likeness (QED) is 0.779. The van der Waals surface area contributed by atoms with Gasteiger partial charge in [0.1, 0.15) is 0 Å². The van der Waals surface area contributed by atoms with E-state index in [0.29, 0.717) is 18.5 Å². The number of piperidine rings is 1. The number of carbonyl (C=O) groups excluding carboxylic acids is 1. The Kier molecular flexibility index (Phi) is 7.52. The molecule has 0 aliphatic carbocycles. The van der Waals surface area contributed by atoms with Gasteiger partial charge in [-0.1, -0.05) is 20.3 Å². The number of aliphatic hydroxyl groups excluding tert-OH is 1. The molecule has 1 rings (SSSR count). The van der Waals surface area contributed by atoms with Crippen LogP contribution in [0.2, 0.25) is 0 Å². The van der Waals surface area contributed by atoms with E-state index in [1.807, 2.05) is 4.90 Å². The zero-order valence-electron chi connectivity index (χ0n) is 13.6. The van der Waals surface area contributed by atoms with Gasteiger partial charge in [-0.2, -0.15) is 0 Å². The molecule has 1 aliphatic rings. The lowest BCUT2D eigenvalue weighted by Gasteiger charge is -2.37. The van der Waals surface area contributed by atoms with Crippen molar-refractivity contribution < 1.29 is 9.90 Å². The maximum Gasteiger partial charge on any atom is 0.236 e. The lowest BCUT2D eigenvalue weighted by atomic mass is 9.99. The highest BCUT2D eigenvalue weighted by Crippen LogP contribution is 2.19. The van der Waals surface area contributed by atoms with Crippen LogP contribution in [0.5, 0.6) is 0 Å². The van der Waals surface area contributed by atoms with Gasteiger partial charge in [0.25, 0.3) is 0 Å². The van der Waals surface area contributed by atoms with Gasteiger partial charge in [0, 0.05) is 25.2 Å². The molecule has 1 atom stereocenters. The first-order valence-electron chi connectivity index (χ1n) is 8.10. The van der Waals surface area contributed by atoms with Gasteiger partial charge in [-0.15, -0.1) is 0 Å². The molecular formula is C16H32N2O2. The molecule has 0 aromatic rings. The van der Waals surface area contributed by atoms with Gasteiger partial charge >= 0.3 is 0 Å². The number of rotatable bonds is 7. The van der Waals surface area contributed by atoms with E-state index in [0.717, 1.165) is 25.9 Å². The van der Waals surface area contributed by atoms with Crippen molar-refractivity contribution in [3.8, 4) is 0 Å². The molecular weight excluding hydrogens is 252 g/mol. The topological polar surface area (TPSA) is 43.8 Å². The molecule has 0 bridgehead atoms. The summed E-state index contributed by atoms with van der Waals surface area (Å²) in [5.41, 5.74) is 0. The zero-order chi connectivity index (χ0) is 15.1. The molecule has 118 valence electrons. The van der Waals surface area contributed by atoms with Gasteiger partial charge in [0.15, 0.2) is 0 Å². The van der Waals surface area contributed by atoms with Crippen LogP contribution in [-0.2, 0) is 4.79 Å². The lowest BCUT2D eigenvalue weighted by molar-refractivity contribution is -0.135. The monoisotopic (exact) mass is 284 g/mol. The summed E-state index contributed by atoms with van der Waals surface area (Å²) in [5.74, 6) is 0.731. The number of amides is 1. The number of nitrogens with zero attached hydrogens (tertiary/aromatic N) is 2. The third-order valence-corrected chi connectivity index (χ3v) is 4.06. The summed E-state index contributed by atoms with van der Waals surface area (Å²) in [6.45, 7) is 11.0. The molecule has 0 spiro atoms. The minimum Gasteiger partial charge on any atom is -0.396 e. The van der Waals surface area contributed by atoms with Crippen molar-refractivity contribution in [1.29, 1.82) is 0 Å². The van der Waals surface area contributed by atoms with E-state index < -0.39 is 0 Å². The van der Waals surface area contributed by atoms with Crippen molar-refractivity contribution in [2.45, 2.75) is 65.5 Å². The summed E-state index contributed by atoms with van der Waals surface area (Å²) in [7, 11) is 0. The minimum absolute atomic E-state index is 0.218. The second-order valence-corrected chi connectivity index (χ2v) is 6.67. The summed E-state index contributed by atoms with van der Waals surface area (Å²) in [5, 5.41) is 9.16. The molecule has 4 nitrogen and oxygen atoms in total. The summed E-state index contributed by atoms with van der Waals surface area (Å²) in [6, 6.07) is 0.636. The molecule has 20 heavy (non-hydrogen) atoms. The van der Waals surface area contributed by atoms with E-state index >= 15 is 0 Å². The Labute approximate surface area is 124 Å². The fourth-order valence-electron chi connectivity index (χ4n) is 3.00. The third-order valence-electron chi connectivity index (χ3n) is 4.06. The highest BCUT2D eigenvalue weighted by atomic mass is 16.3. The Morgan fingerprint density at radius 3 is 2.55 bits per heavy atom. The van der Waals surface area contributed by atoms with E-state index in [1.165, 1.54) is 12.8 Å². The van der Waals surface area contributed by atoms with Crippen LogP contribution < -0.4 is 0 Å². The molecule has 1 aliphatic heterocycles. The second kappa shape index (κ2) is 8.63. The molecule has 0 aromatic heterocycles. The van der Waals surface area contributed by atoms with Crippen molar-refractivity contribution in [1.82, 2.24) is 9.80 Å². The molecule has 0 saturated carbocycles. The fourth-order valence-corrected chi connectivity index (χ4v) is 3.00. The summed E-state index contributed by atoms with van der Waals surface area (Å²) in [6.07, 6.45) is 4.29. The van der Waals surface area contributed by atoms with Gasteiger partial charge in [0.05, 0.1) is 6.54 Å². The Hall–Kier alpha value is -0.610. The van der Waals surface area contributed by atoms with Crippen molar-refractivity contribution in [2.24, 2.45) is 5.92 Å². The molecule has 1 heterocycles. The number of aliphatic hydroxyl groups is 1. The maximum absolute atomic E-state index is 12.6. The number of likely N-dealkylation sites (tertiary alicyclic amines) is 1. The van der Waals surface area contributed by atoms with Crippen LogP contribution in [0.15, 0.2) is 0 Å². The fraction of sp³-hybridized carbons (Fsp3) is 0.938. The minimum atomic E-state index is 0.218. The average molecular weight is 284 g/mol. The smallest absolute Gasteiger partial charge is 0.236 e. The first-order chi connectivity index (χ1) is 9.45. The first kappa shape index (κ1) is 17.4. The maximum atomic E-state index is 12.6. The molecule has 1 fully saturated rings. The highest BCUT2D eigenvalue weighted by Gasteiger charge is 2.26. The van der Waals surface area contributed by atoms with Crippen LogP contribution in [0.3, 0.4) is 0 Å². The van der Waals surface area contributed by atoms with E-state index in [-0.39, 0.29) is 18.6 Å². The van der Waals surface area contributed by atoms with Crippen molar-refractivity contribution in [3.05, 3.63) is 0 Å². The third kappa shape index (κ3) is 5.41. The molecule has 1 N–H and O–H groups in total. The average Bonchev–Trinajstić information content (AvgIpc) is 2.38. The molecule has 1 unspecified atom stereocenters. The van der Waals surface area contributed by atoms with E-state index in [4.69, 9.17) is 5.11 Å². The van der Waals surface area contributed by atoms with Crippen LogP contribution >= 0.6 is 0 Å². The Balaban J connectivity index is 2.60. The second-order valence-electron chi connectivity index (χ2n) is 6.67. The lowest BCUT2D eigenvalue weighted by Crippen LogP contribution is -2.49. The van der Waals surface area contributed by atoms with Crippen molar-refractivity contribution >= 4 is 5.91 Å². The highest BCUT2D eigenvalue weighted by molar-refractivity contribution is 5.78. The summed E-state index contributed by atoms with van der Waals surface area (Å²) < 4.78 is 0. The summed E-state index contributed by atoms with van der Waals surface area (Å²) >= 11 is 0. The van der Waals surface area contributed by atoms with Gasteiger partial charge < -0.3 is 10.0 Å². The van der Waals surface area contributed by atoms with Crippen LogP contribution in [0, 0.1) is 5.92 Å². The van der Waals surface area contributed by atoms with Crippen molar-refractivity contribution in [2.75, 3.05) is 26.2 Å². The van der Waals surface area contributed by atoms with Crippen LogP contribution in [0.25, 0.3) is 0 Å². The van der Waals surface area contributed by atoms with Crippen LogP contribution in [0.1, 0.15) is 53.4 Å². The number of hydrogen-bond acceptors (Lipinski definition) is 3. The predicted molar refractivity (Wildman–Crippen MR) is 82.6 cm³/mol. The van der Waals surface area contributed by atoms with E-state index in [1.54, 1.807) is 0 Å². The van der Waals surface area contributed by atoms with Crippen LogP contribution in [-0.4, -0.2) is 59.1 Å². The van der Waals surface area contributed by atoms with Gasteiger partial charge in [0.2, 0.25) is 5.91 Å². The molecule has 0 radical (unpaired) electrons. The van der Waals surface area contributed by atoms with Gasteiger partial charge in [-0.3, -0.25) is 9.69 Å². The zero-order valence-corrected chi connectivity index (χ0v) is 13.6. The molecule has 1 saturated heterocycles. The van der Waals surface area contributed by atoms with Gasteiger partial charge in [-0.05, 0) is 45.6 Å².